The van der Waals surface area contributed by atoms with Crippen molar-refractivity contribution in [1.29, 1.82) is 0 Å². The number of nitrogens with zero attached hydrogens (tertiary/aromatic N) is 1. The summed E-state index contributed by atoms with van der Waals surface area (Å²) in [7, 11) is 4.06. The van der Waals surface area contributed by atoms with Crippen LogP contribution in [0.15, 0.2) is 24.3 Å². The zero-order chi connectivity index (χ0) is 16.7. The van der Waals surface area contributed by atoms with Crippen molar-refractivity contribution in [2.24, 2.45) is 5.92 Å². The Bertz CT molecular complexity index is 479. The fourth-order valence-electron chi connectivity index (χ4n) is 3.48. The Morgan fingerprint density at radius 3 is 2.43 bits per heavy atom. The van der Waals surface area contributed by atoms with Gasteiger partial charge in [0, 0.05) is 24.8 Å². The Kier molecular flexibility index (Phi) is 7.06. The lowest BCUT2D eigenvalue weighted by molar-refractivity contribution is 0.0899. The van der Waals surface area contributed by atoms with Crippen molar-refractivity contribution in [3.8, 4) is 0 Å². The lowest BCUT2D eigenvalue weighted by Crippen LogP contribution is -2.41. The molecule has 0 bridgehead atoms. The molecule has 0 radical (unpaired) electrons. The highest BCUT2D eigenvalue weighted by Crippen LogP contribution is 2.28. The normalized spacial score (nSPS) is 17.2. The van der Waals surface area contributed by atoms with Crippen LogP contribution in [0.4, 0.5) is 0 Å². The zero-order valence-electron chi connectivity index (χ0n) is 14.4. The molecule has 0 spiro atoms. The number of nitrogens with one attached hydrogen (secondary N) is 1. The van der Waals surface area contributed by atoms with Crippen LogP contribution in [0, 0.1) is 5.92 Å². The second-order valence-corrected chi connectivity index (χ2v) is 6.93. The standard InChI is InChI=1S/C19H30N2O2/c1-21(2)14-15-8-10-17(11-9-15)19(23)20-18(12-13-22)16-6-4-3-5-7-16/h8-11,16,18,22H,3-7,12-14H2,1-2H3,(H,20,23). The highest BCUT2D eigenvalue weighted by Gasteiger charge is 2.25. The summed E-state index contributed by atoms with van der Waals surface area (Å²) in [5.41, 5.74) is 1.90. The van der Waals surface area contributed by atoms with Gasteiger partial charge in [-0.1, -0.05) is 31.4 Å². The van der Waals surface area contributed by atoms with Crippen LogP contribution < -0.4 is 5.32 Å². The molecule has 4 heteroatoms. The SMILES string of the molecule is CN(C)Cc1ccc(C(=O)NC(CCO)C2CCCCC2)cc1. The van der Waals surface area contributed by atoms with Crippen molar-refractivity contribution in [1.82, 2.24) is 10.2 Å². The van der Waals surface area contributed by atoms with Crippen LogP contribution in [0.25, 0.3) is 0 Å². The molecule has 1 aliphatic rings. The smallest absolute Gasteiger partial charge is 0.251 e. The van der Waals surface area contributed by atoms with Gasteiger partial charge in [0.15, 0.2) is 0 Å². The monoisotopic (exact) mass is 318 g/mol. The molecule has 1 saturated carbocycles. The fraction of sp³-hybridized carbons (Fsp3) is 0.632. The number of carbonyl (C=O) groups excluding carboxylic acids is 1. The molecular weight excluding hydrogens is 288 g/mol. The third-order valence-corrected chi connectivity index (χ3v) is 4.69. The van der Waals surface area contributed by atoms with E-state index in [1.807, 2.05) is 38.4 Å². The third-order valence-electron chi connectivity index (χ3n) is 4.69. The number of benzene rings is 1. The molecule has 0 saturated heterocycles. The summed E-state index contributed by atoms with van der Waals surface area (Å²) in [6.07, 6.45) is 6.74. The molecule has 2 N–H and O–H groups in total. The highest BCUT2D eigenvalue weighted by molar-refractivity contribution is 5.94. The summed E-state index contributed by atoms with van der Waals surface area (Å²) in [5, 5.41) is 12.5. The Morgan fingerprint density at radius 1 is 1.22 bits per heavy atom. The molecule has 1 aromatic rings. The van der Waals surface area contributed by atoms with Crippen LogP contribution in [0.5, 0.6) is 0 Å². The quantitative estimate of drug-likeness (QED) is 0.813. The molecule has 0 aromatic heterocycles. The van der Waals surface area contributed by atoms with Crippen molar-refractivity contribution in [3.05, 3.63) is 35.4 Å². The van der Waals surface area contributed by atoms with E-state index in [-0.39, 0.29) is 18.6 Å². The Morgan fingerprint density at radius 2 is 1.87 bits per heavy atom. The van der Waals surface area contributed by atoms with E-state index in [2.05, 4.69) is 10.2 Å². The second-order valence-electron chi connectivity index (χ2n) is 6.93. The van der Waals surface area contributed by atoms with Gasteiger partial charge in [-0.25, -0.2) is 0 Å². The largest absolute Gasteiger partial charge is 0.396 e. The highest BCUT2D eigenvalue weighted by atomic mass is 16.3. The molecule has 1 aromatic carbocycles. The summed E-state index contributed by atoms with van der Waals surface area (Å²) in [4.78, 5) is 14.6. The van der Waals surface area contributed by atoms with Crippen molar-refractivity contribution < 1.29 is 9.90 Å². The van der Waals surface area contributed by atoms with E-state index < -0.39 is 0 Å². The maximum absolute atomic E-state index is 12.5. The first-order chi connectivity index (χ1) is 11.1. The molecule has 1 fully saturated rings. The van der Waals surface area contributed by atoms with Gasteiger partial charge in [-0.05, 0) is 57.0 Å². The summed E-state index contributed by atoms with van der Waals surface area (Å²) >= 11 is 0. The Labute approximate surface area is 139 Å². The van der Waals surface area contributed by atoms with E-state index in [1.54, 1.807) is 0 Å². The van der Waals surface area contributed by atoms with Crippen molar-refractivity contribution in [2.45, 2.75) is 51.1 Å². The van der Waals surface area contributed by atoms with Crippen LogP contribution in [0.2, 0.25) is 0 Å². The van der Waals surface area contributed by atoms with Gasteiger partial charge in [-0.3, -0.25) is 4.79 Å². The third kappa shape index (κ3) is 5.63. The molecule has 0 heterocycles. The molecule has 1 unspecified atom stereocenters. The average molecular weight is 318 g/mol. The molecule has 4 nitrogen and oxygen atoms in total. The first-order valence-electron chi connectivity index (χ1n) is 8.75. The van der Waals surface area contributed by atoms with Crippen LogP contribution >= 0.6 is 0 Å². The van der Waals surface area contributed by atoms with Crippen molar-refractivity contribution >= 4 is 5.91 Å². The molecule has 2 rings (SSSR count). The van der Waals surface area contributed by atoms with Gasteiger partial charge in [0.05, 0.1) is 0 Å². The minimum atomic E-state index is -0.0228. The number of hydrogen-bond donors (Lipinski definition) is 2. The number of aliphatic hydroxyl groups excluding tert-OH is 1. The first kappa shape index (κ1) is 18.0. The van der Waals surface area contributed by atoms with Gasteiger partial charge in [0.2, 0.25) is 0 Å². The second kappa shape index (κ2) is 9.04. The number of amides is 1. The van der Waals surface area contributed by atoms with E-state index in [1.165, 1.54) is 24.8 Å². The van der Waals surface area contributed by atoms with Crippen molar-refractivity contribution in [2.75, 3.05) is 20.7 Å². The van der Waals surface area contributed by atoms with Gasteiger partial charge < -0.3 is 15.3 Å². The summed E-state index contributed by atoms with van der Waals surface area (Å²) in [6.45, 7) is 1.00. The predicted octanol–water partition coefficient (Wildman–Crippen LogP) is 2.81. The minimum Gasteiger partial charge on any atom is -0.396 e. The van der Waals surface area contributed by atoms with E-state index in [0.29, 0.717) is 17.9 Å². The lowest BCUT2D eigenvalue weighted by atomic mass is 9.82. The molecule has 1 amide bonds. The average Bonchev–Trinajstić information content (AvgIpc) is 2.55. The maximum atomic E-state index is 12.5. The summed E-state index contributed by atoms with van der Waals surface area (Å²) in [5.74, 6) is 0.485. The fourth-order valence-corrected chi connectivity index (χ4v) is 3.48. The van der Waals surface area contributed by atoms with E-state index >= 15 is 0 Å². The maximum Gasteiger partial charge on any atom is 0.251 e. The van der Waals surface area contributed by atoms with E-state index in [0.717, 1.165) is 19.4 Å². The Hall–Kier alpha value is -1.39. The summed E-state index contributed by atoms with van der Waals surface area (Å²) < 4.78 is 0. The Balaban J connectivity index is 1.97. The first-order valence-corrected chi connectivity index (χ1v) is 8.75. The molecule has 1 aliphatic carbocycles. The topological polar surface area (TPSA) is 52.6 Å². The van der Waals surface area contributed by atoms with Crippen LogP contribution in [0.1, 0.15) is 54.4 Å². The van der Waals surface area contributed by atoms with Crippen LogP contribution in [-0.2, 0) is 6.54 Å². The number of hydrogen-bond acceptors (Lipinski definition) is 3. The van der Waals surface area contributed by atoms with Crippen molar-refractivity contribution in [3.63, 3.8) is 0 Å². The number of rotatable bonds is 7. The molecule has 1 atom stereocenters. The van der Waals surface area contributed by atoms with Gasteiger partial charge in [-0.15, -0.1) is 0 Å². The molecule has 128 valence electrons. The van der Waals surface area contributed by atoms with Gasteiger partial charge in [-0.2, -0.15) is 0 Å². The molecule has 0 aliphatic heterocycles. The van der Waals surface area contributed by atoms with E-state index in [4.69, 9.17) is 0 Å². The lowest BCUT2D eigenvalue weighted by Gasteiger charge is -2.30. The predicted molar refractivity (Wildman–Crippen MR) is 93.4 cm³/mol. The van der Waals surface area contributed by atoms with Gasteiger partial charge in [0.1, 0.15) is 0 Å². The van der Waals surface area contributed by atoms with Gasteiger partial charge in [0.25, 0.3) is 5.91 Å². The van der Waals surface area contributed by atoms with Crippen LogP contribution in [0.3, 0.4) is 0 Å². The molecule has 23 heavy (non-hydrogen) atoms. The number of carbonyl (C=O) groups is 1. The molecular formula is C19H30N2O2. The van der Waals surface area contributed by atoms with Crippen LogP contribution in [-0.4, -0.2) is 42.7 Å². The van der Waals surface area contributed by atoms with Gasteiger partial charge >= 0.3 is 0 Å². The summed E-state index contributed by atoms with van der Waals surface area (Å²) in [6, 6.07) is 7.90. The zero-order valence-corrected chi connectivity index (χ0v) is 14.4. The number of aliphatic hydroxyl groups is 1. The van der Waals surface area contributed by atoms with E-state index in [9.17, 15) is 9.90 Å². The minimum absolute atomic E-state index is 0.0228.